The van der Waals surface area contributed by atoms with E-state index >= 15 is 0 Å². The van der Waals surface area contributed by atoms with Crippen LogP contribution in [0.4, 0.5) is 4.39 Å². The van der Waals surface area contributed by atoms with E-state index in [4.69, 9.17) is 24.8 Å². The van der Waals surface area contributed by atoms with Gasteiger partial charge < -0.3 is 35.3 Å². The van der Waals surface area contributed by atoms with Gasteiger partial charge in [0.2, 0.25) is 12.3 Å². The number of nitrogens with two attached hydrogens (primary N) is 1. The number of hydrogen-bond acceptors (Lipinski definition) is 9. The lowest BCUT2D eigenvalue weighted by molar-refractivity contribution is -0.148. The number of nitrogens with one attached hydrogen (secondary N) is 1. The van der Waals surface area contributed by atoms with Crippen LogP contribution < -0.4 is 11.1 Å². The zero-order valence-electron chi connectivity index (χ0n) is 21.0. The quantitative estimate of drug-likeness (QED) is 0.165. The van der Waals surface area contributed by atoms with E-state index in [0.29, 0.717) is 12.2 Å². The van der Waals surface area contributed by atoms with Crippen LogP contribution in [-0.4, -0.2) is 83.3 Å². The molecule has 2 amide bonds. The van der Waals surface area contributed by atoms with Crippen molar-refractivity contribution < 1.29 is 43.0 Å². The Hall–Kier alpha value is -2.63. The van der Waals surface area contributed by atoms with Crippen molar-refractivity contribution in [2.24, 2.45) is 5.73 Å². The fourth-order valence-corrected chi connectivity index (χ4v) is 2.83. The number of benzene rings is 1. The summed E-state index contributed by atoms with van der Waals surface area (Å²) >= 11 is 0. The smallest absolute Gasteiger partial charge is 0.322 e. The summed E-state index contributed by atoms with van der Waals surface area (Å²) in [6, 6.07) is 8.21. The van der Waals surface area contributed by atoms with E-state index in [9.17, 15) is 23.9 Å². The zero-order chi connectivity index (χ0) is 27.9. The molecule has 1 fully saturated rings. The van der Waals surface area contributed by atoms with Crippen LogP contribution in [0, 0.1) is 0 Å². The van der Waals surface area contributed by atoms with Crippen molar-refractivity contribution in [1.29, 1.82) is 0 Å². The first-order valence-corrected chi connectivity index (χ1v) is 11.5. The van der Waals surface area contributed by atoms with Gasteiger partial charge in [-0.3, -0.25) is 19.3 Å². The maximum atomic E-state index is 14.5. The Bertz CT molecular complexity index is 827. The lowest BCUT2D eigenvalue weighted by Gasteiger charge is -2.29. The molecule has 1 saturated heterocycles. The number of hydrogen-bond donors (Lipinski definition) is 4. The molecule has 0 aliphatic carbocycles. The Morgan fingerprint density at radius 3 is 2.28 bits per heavy atom. The van der Waals surface area contributed by atoms with Crippen LogP contribution in [0.5, 0.6) is 5.75 Å². The second kappa shape index (κ2) is 16.9. The number of halogens is 1. The Morgan fingerprint density at radius 2 is 1.92 bits per heavy atom. The van der Waals surface area contributed by atoms with Gasteiger partial charge in [-0.05, 0) is 39.8 Å². The average molecular weight is 534 g/mol. The number of likely N-dealkylation sites (N-methyl/N-ethyl adjacent to an activating group) is 1. The second-order valence-electron chi connectivity index (χ2n) is 8.05. The van der Waals surface area contributed by atoms with Crippen LogP contribution in [-0.2, 0) is 28.4 Å². The van der Waals surface area contributed by atoms with Gasteiger partial charge >= 0.3 is 5.97 Å². The molecule has 0 bridgehead atoms. The molecule has 0 aromatic heterocycles. The van der Waals surface area contributed by atoms with Crippen molar-refractivity contribution in [1.82, 2.24) is 10.2 Å². The molecule has 1 aromatic rings. The molecule has 13 heteroatoms. The van der Waals surface area contributed by atoms with E-state index in [1.807, 2.05) is 15.5 Å². The molecule has 1 aliphatic rings. The summed E-state index contributed by atoms with van der Waals surface area (Å²) in [5.41, 5.74) is 3.02. The molecule has 6 atom stereocenters. The van der Waals surface area contributed by atoms with E-state index < -0.39 is 36.1 Å². The summed E-state index contributed by atoms with van der Waals surface area (Å²) < 4.78 is 29.3. The SMILES string of the molecule is CC(C)OC(=O)C(C)N.CNC(=O)/C=C\N(C=O)C1OC(COP)C(O)C1(C)F.Oc1ccccc1. The molecule has 204 valence electrons. The number of aliphatic hydroxyl groups is 1. The molecule has 1 aliphatic heterocycles. The number of aliphatic hydroxyl groups excluding tert-OH is 1. The topological polar surface area (TPSA) is 161 Å². The number of alkyl halides is 1. The minimum atomic E-state index is -2.19. The minimum Gasteiger partial charge on any atom is -0.508 e. The summed E-state index contributed by atoms with van der Waals surface area (Å²) in [6.07, 6.45) is -1.32. The number of carbonyl (C=O) groups is 3. The van der Waals surface area contributed by atoms with E-state index in [1.54, 1.807) is 45.0 Å². The number of phenolic OH excluding ortho intramolecular Hbond substituents is 1. The third kappa shape index (κ3) is 11.9. The van der Waals surface area contributed by atoms with Crippen molar-refractivity contribution in [3.8, 4) is 5.75 Å². The lowest BCUT2D eigenvalue weighted by Crippen LogP contribution is -2.48. The summed E-state index contributed by atoms with van der Waals surface area (Å²) in [5.74, 6) is -0.478. The van der Waals surface area contributed by atoms with Crippen molar-refractivity contribution in [3.63, 3.8) is 0 Å². The predicted molar refractivity (Wildman–Crippen MR) is 134 cm³/mol. The average Bonchev–Trinajstić information content (AvgIpc) is 3.04. The molecule has 2 rings (SSSR count). The fraction of sp³-hybridized carbons (Fsp3) is 0.522. The highest BCUT2D eigenvalue weighted by Crippen LogP contribution is 2.36. The second-order valence-corrected chi connectivity index (χ2v) is 8.38. The Kier molecular flexibility index (Phi) is 15.7. The number of esters is 1. The van der Waals surface area contributed by atoms with Gasteiger partial charge in [0, 0.05) is 28.8 Å². The molecule has 1 aromatic carbocycles. The molecule has 36 heavy (non-hydrogen) atoms. The van der Waals surface area contributed by atoms with Crippen LogP contribution in [0.25, 0.3) is 0 Å². The van der Waals surface area contributed by atoms with E-state index in [-0.39, 0.29) is 18.7 Å². The molecule has 0 saturated carbocycles. The Balaban J connectivity index is 0.000000626. The van der Waals surface area contributed by atoms with E-state index in [2.05, 4.69) is 5.32 Å². The molecule has 11 nitrogen and oxygen atoms in total. The Labute approximate surface area is 213 Å². The van der Waals surface area contributed by atoms with Gasteiger partial charge in [-0.1, -0.05) is 18.2 Å². The maximum absolute atomic E-state index is 14.5. The largest absolute Gasteiger partial charge is 0.508 e. The number of aromatic hydroxyl groups is 1. The molecule has 5 N–H and O–H groups in total. The van der Waals surface area contributed by atoms with Crippen LogP contribution in [0.1, 0.15) is 27.7 Å². The summed E-state index contributed by atoms with van der Waals surface area (Å²) in [5, 5.41) is 20.8. The van der Waals surface area contributed by atoms with Crippen molar-refractivity contribution in [2.75, 3.05) is 13.7 Å². The normalized spacial score (nSPS) is 23.6. The maximum Gasteiger partial charge on any atom is 0.322 e. The summed E-state index contributed by atoms with van der Waals surface area (Å²) in [6.45, 7) is 6.26. The number of phenols is 1. The molecule has 0 spiro atoms. The third-order valence-corrected chi connectivity index (χ3v) is 4.69. The highest BCUT2D eigenvalue weighted by atomic mass is 31.0. The molecule has 0 radical (unpaired) electrons. The van der Waals surface area contributed by atoms with Gasteiger partial charge in [0.15, 0.2) is 11.9 Å². The lowest BCUT2D eigenvalue weighted by atomic mass is 9.98. The summed E-state index contributed by atoms with van der Waals surface area (Å²) in [4.78, 5) is 33.6. The zero-order valence-corrected chi connectivity index (χ0v) is 22.2. The van der Waals surface area contributed by atoms with Gasteiger partial charge in [0.05, 0.1) is 12.7 Å². The third-order valence-electron chi connectivity index (χ3n) is 4.49. The first-order chi connectivity index (χ1) is 16.8. The number of nitrogens with zero attached hydrogens (tertiary/aromatic N) is 1. The molecule has 1 heterocycles. The first kappa shape index (κ1) is 33.4. The van der Waals surface area contributed by atoms with Gasteiger partial charge in [-0.2, -0.15) is 0 Å². The standard InChI is InChI=1S/C11H18FN2O5P.C6H13NO2.C6H6O/c1-11(12)9(17)7(5-18-20)19-10(11)14(6-15)4-3-8(16)13-2;1-4(2)9-6(8)5(3)7;7-6-4-2-1-3-5-6/h3-4,6-7,9-10,17H,5,20H2,1-2H3,(H,13,16);4-5H,7H2,1-3H3;1-5,7H/b4-3-;;. The monoisotopic (exact) mass is 533 g/mol. The number of para-hydroxylation sites is 1. The number of ether oxygens (including phenoxy) is 2. The highest BCUT2D eigenvalue weighted by molar-refractivity contribution is 7.09. The first-order valence-electron chi connectivity index (χ1n) is 11.0. The van der Waals surface area contributed by atoms with E-state index in [1.165, 1.54) is 7.05 Å². The Morgan fingerprint density at radius 1 is 1.33 bits per heavy atom. The van der Waals surface area contributed by atoms with Crippen LogP contribution >= 0.6 is 9.47 Å². The number of amides is 2. The van der Waals surface area contributed by atoms with Gasteiger partial charge in [-0.15, -0.1) is 0 Å². The molecular formula is C23H37FN3O8P. The predicted octanol–water partition coefficient (Wildman–Crippen LogP) is 1.00. The van der Waals surface area contributed by atoms with Gasteiger partial charge in [-0.25, -0.2) is 4.39 Å². The highest BCUT2D eigenvalue weighted by Gasteiger charge is 2.56. The number of carbonyl (C=O) groups excluding carboxylic acids is 3. The summed E-state index contributed by atoms with van der Waals surface area (Å²) in [7, 11) is 3.39. The van der Waals surface area contributed by atoms with Crippen molar-refractivity contribution >= 4 is 27.8 Å². The van der Waals surface area contributed by atoms with Crippen molar-refractivity contribution in [3.05, 3.63) is 42.6 Å². The molecule has 6 unspecified atom stereocenters. The minimum absolute atomic E-state index is 0.0479. The molecular weight excluding hydrogens is 496 g/mol. The van der Waals surface area contributed by atoms with Gasteiger partial charge in [0.25, 0.3) is 0 Å². The van der Waals surface area contributed by atoms with Crippen LogP contribution in [0.3, 0.4) is 0 Å². The van der Waals surface area contributed by atoms with Crippen LogP contribution in [0.15, 0.2) is 42.6 Å². The van der Waals surface area contributed by atoms with Crippen molar-refractivity contribution in [2.45, 2.75) is 63.9 Å². The van der Waals surface area contributed by atoms with Crippen LogP contribution in [0.2, 0.25) is 0 Å². The number of rotatable bonds is 8. The van der Waals surface area contributed by atoms with Gasteiger partial charge in [0.1, 0.15) is 24.0 Å². The van der Waals surface area contributed by atoms with E-state index in [0.717, 1.165) is 24.1 Å². The fourth-order valence-electron chi connectivity index (χ4n) is 2.64.